The molecule has 0 aliphatic carbocycles. The van der Waals surface area contributed by atoms with Crippen molar-refractivity contribution < 1.29 is 9.18 Å². The van der Waals surface area contributed by atoms with Gasteiger partial charge in [-0.15, -0.1) is 0 Å². The summed E-state index contributed by atoms with van der Waals surface area (Å²) in [7, 11) is 0. The number of carbonyl (C=O) groups excluding carboxylic acids is 1. The van der Waals surface area contributed by atoms with Crippen molar-refractivity contribution in [1.29, 1.82) is 0 Å². The smallest absolute Gasteiger partial charge is 0.226 e. The molecule has 0 spiro atoms. The van der Waals surface area contributed by atoms with Crippen molar-refractivity contribution >= 4 is 32.6 Å². The Morgan fingerprint density at radius 1 is 1.19 bits per heavy atom. The van der Waals surface area contributed by atoms with E-state index in [4.69, 9.17) is 0 Å². The van der Waals surface area contributed by atoms with Crippen LogP contribution in [0.3, 0.4) is 0 Å². The molecule has 0 aliphatic rings. The highest BCUT2D eigenvalue weighted by Crippen LogP contribution is 2.26. The van der Waals surface area contributed by atoms with Crippen LogP contribution in [0.1, 0.15) is 12.0 Å². The summed E-state index contributed by atoms with van der Waals surface area (Å²) in [5.74, 6) is -0.383. The van der Waals surface area contributed by atoms with Gasteiger partial charge in [0.05, 0.1) is 10.2 Å². The molecular formula is C16H13FN2OS. The van der Waals surface area contributed by atoms with Crippen LogP contribution in [0.25, 0.3) is 10.2 Å². The normalized spacial score (nSPS) is 10.7. The number of carbonyl (C=O) groups is 1. The number of nitrogens with one attached hydrogen (secondary N) is 1. The van der Waals surface area contributed by atoms with E-state index in [2.05, 4.69) is 10.3 Å². The molecule has 1 heterocycles. The monoisotopic (exact) mass is 300 g/mol. The second kappa shape index (κ2) is 6.01. The molecule has 3 nitrogen and oxygen atoms in total. The van der Waals surface area contributed by atoms with Gasteiger partial charge in [-0.05, 0) is 30.2 Å². The van der Waals surface area contributed by atoms with Gasteiger partial charge in [-0.1, -0.05) is 41.7 Å². The quantitative estimate of drug-likeness (QED) is 0.791. The van der Waals surface area contributed by atoms with Gasteiger partial charge >= 0.3 is 0 Å². The summed E-state index contributed by atoms with van der Waals surface area (Å²) in [4.78, 5) is 16.2. The lowest BCUT2D eigenvalue weighted by molar-refractivity contribution is -0.116. The first kappa shape index (κ1) is 13.7. The van der Waals surface area contributed by atoms with E-state index in [1.807, 2.05) is 30.3 Å². The average Bonchev–Trinajstić information content (AvgIpc) is 2.87. The van der Waals surface area contributed by atoms with Gasteiger partial charge < -0.3 is 5.32 Å². The Bertz CT molecular complexity index is 770. The van der Waals surface area contributed by atoms with E-state index < -0.39 is 0 Å². The molecule has 0 unspecified atom stereocenters. The first-order chi connectivity index (χ1) is 10.2. The van der Waals surface area contributed by atoms with Crippen molar-refractivity contribution in [3.8, 4) is 0 Å². The summed E-state index contributed by atoms with van der Waals surface area (Å²) < 4.78 is 13.8. The Hall–Kier alpha value is -2.27. The Labute approximate surface area is 125 Å². The lowest BCUT2D eigenvalue weighted by atomic mass is 10.1. The standard InChI is InChI=1S/C16H13FN2OS/c17-12-7-8-13-14(10-12)21-16(18-13)19-15(20)9-6-11-4-2-1-3-5-11/h1-5,7-8,10H,6,9H2,(H,18,19,20). The minimum atomic E-state index is -0.298. The van der Waals surface area contributed by atoms with Crippen LogP contribution in [0.4, 0.5) is 9.52 Å². The van der Waals surface area contributed by atoms with Crippen molar-refractivity contribution in [3.05, 3.63) is 59.9 Å². The molecule has 3 rings (SSSR count). The topological polar surface area (TPSA) is 42.0 Å². The maximum absolute atomic E-state index is 13.1. The molecule has 106 valence electrons. The highest BCUT2D eigenvalue weighted by atomic mass is 32.1. The second-order valence-corrected chi connectivity index (χ2v) is 5.70. The van der Waals surface area contributed by atoms with Crippen LogP contribution in [0.15, 0.2) is 48.5 Å². The number of hydrogen-bond acceptors (Lipinski definition) is 3. The molecule has 0 saturated heterocycles. The van der Waals surface area contributed by atoms with E-state index in [1.165, 1.54) is 23.5 Å². The number of amides is 1. The molecule has 0 saturated carbocycles. The van der Waals surface area contributed by atoms with E-state index in [0.29, 0.717) is 23.5 Å². The Balaban J connectivity index is 1.63. The van der Waals surface area contributed by atoms with Gasteiger partial charge in [0.25, 0.3) is 0 Å². The van der Waals surface area contributed by atoms with Gasteiger partial charge in [0.1, 0.15) is 5.82 Å². The zero-order valence-electron chi connectivity index (χ0n) is 11.2. The summed E-state index contributed by atoms with van der Waals surface area (Å²) in [5, 5.41) is 3.28. The van der Waals surface area contributed by atoms with Crippen molar-refractivity contribution in [2.45, 2.75) is 12.8 Å². The zero-order chi connectivity index (χ0) is 14.7. The first-order valence-corrected chi connectivity index (χ1v) is 7.42. The summed E-state index contributed by atoms with van der Waals surface area (Å²) in [6.07, 6.45) is 1.08. The predicted octanol–water partition coefficient (Wildman–Crippen LogP) is 4.01. The van der Waals surface area contributed by atoms with Crippen LogP contribution in [0.5, 0.6) is 0 Å². The van der Waals surface area contributed by atoms with E-state index in [-0.39, 0.29) is 11.7 Å². The number of anilines is 1. The maximum Gasteiger partial charge on any atom is 0.226 e. The molecule has 0 aliphatic heterocycles. The fourth-order valence-electron chi connectivity index (χ4n) is 2.04. The van der Waals surface area contributed by atoms with E-state index in [1.54, 1.807) is 6.07 Å². The minimum absolute atomic E-state index is 0.0848. The molecule has 1 amide bonds. The number of rotatable bonds is 4. The molecule has 3 aromatic rings. The SMILES string of the molecule is O=C(CCc1ccccc1)Nc1nc2ccc(F)cc2s1. The highest BCUT2D eigenvalue weighted by Gasteiger charge is 2.08. The molecule has 1 aromatic heterocycles. The van der Waals surface area contributed by atoms with Crippen molar-refractivity contribution in [3.63, 3.8) is 0 Å². The van der Waals surface area contributed by atoms with Gasteiger partial charge in [-0.2, -0.15) is 0 Å². The Kier molecular flexibility index (Phi) is 3.92. The number of fused-ring (bicyclic) bond motifs is 1. The number of benzene rings is 2. The van der Waals surface area contributed by atoms with Crippen LogP contribution in [-0.2, 0) is 11.2 Å². The number of aryl methyl sites for hydroxylation is 1. The third kappa shape index (κ3) is 3.44. The van der Waals surface area contributed by atoms with Crippen molar-refractivity contribution in [1.82, 2.24) is 4.98 Å². The summed E-state index contributed by atoms with van der Waals surface area (Å²) in [5.41, 5.74) is 1.82. The predicted molar refractivity (Wildman–Crippen MR) is 83.0 cm³/mol. The largest absolute Gasteiger partial charge is 0.302 e. The molecule has 0 bridgehead atoms. The first-order valence-electron chi connectivity index (χ1n) is 6.60. The number of aromatic nitrogens is 1. The van der Waals surface area contributed by atoms with Gasteiger partial charge in [-0.25, -0.2) is 9.37 Å². The lowest BCUT2D eigenvalue weighted by Gasteiger charge is -2.01. The molecule has 21 heavy (non-hydrogen) atoms. The number of halogens is 1. The minimum Gasteiger partial charge on any atom is -0.302 e. The van der Waals surface area contributed by atoms with E-state index in [9.17, 15) is 9.18 Å². The number of nitrogens with zero attached hydrogens (tertiary/aromatic N) is 1. The third-order valence-electron chi connectivity index (χ3n) is 3.08. The summed E-state index contributed by atoms with van der Waals surface area (Å²) in [6, 6.07) is 14.2. The zero-order valence-corrected chi connectivity index (χ0v) is 12.0. The van der Waals surface area contributed by atoms with Crippen molar-refractivity contribution in [2.75, 3.05) is 5.32 Å². The number of hydrogen-bond donors (Lipinski definition) is 1. The van der Waals surface area contributed by atoms with E-state index >= 15 is 0 Å². The Morgan fingerprint density at radius 2 is 2.00 bits per heavy atom. The highest BCUT2D eigenvalue weighted by molar-refractivity contribution is 7.22. The van der Waals surface area contributed by atoms with Crippen LogP contribution in [0.2, 0.25) is 0 Å². The average molecular weight is 300 g/mol. The van der Waals surface area contributed by atoms with E-state index in [0.717, 1.165) is 10.3 Å². The molecule has 1 N–H and O–H groups in total. The lowest BCUT2D eigenvalue weighted by Crippen LogP contribution is -2.11. The van der Waals surface area contributed by atoms with Gasteiger partial charge in [0.2, 0.25) is 5.91 Å². The van der Waals surface area contributed by atoms with Crippen molar-refractivity contribution in [2.24, 2.45) is 0 Å². The van der Waals surface area contributed by atoms with Crippen LogP contribution >= 0.6 is 11.3 Å². The van der Waals surface area contributed by atoms with Gasteiger partial charge in [0, 0.05) is 6.42 Å². The molecule has 2 aromatic carbocycles. The fourth-order valence-corrected chi connectivity index (χ4v) is 2.94. The van der Waals surface area contributed by atoms with Gasteiger partial charge in [0.15, 0.2) is 5.13 Å². The molecular weight excluding hydrogens is 287 g/mol. The molecule has 5 heteroatoms. The summed E-state index contributed by atoms with van der Waals surface area (Å²) in [6.45, 7) is 0. The van der Waals surface area contributed by atoms with Crippen LogP contribution < -0.4 is 5.32 Å². The molecule has 0 radical (unpaired) electrons. The van der Waals surface area contributed by atoms with Crippen LogP contribution in [0, 0.1) is 5.82 Å². The number of thiazole rings is 1. The molecule has 0 atom stereocenters. The third-order valence-corrected chi connectivity index (χ3v) is 4.01. The molecule has 0 fully saturated rings. The Morgan fingerprint density at radius 3 is 2.81 bits per heavy atom. The maximum atomic E-state index is 13.1. The van der Waals surface area contributed by atoms with Gasteiger partial charge in [-0.3, -0.25) is 4.79 Å². The second-order valence-electron chi connectivity index (χ2n) is 4.66. The fraction of sp³-hybridized carbons (Fsp3) is 0.125. The van der Waals surface area contributed by atoms with Crippen LogP contribution in [-0.4, -0.2) is 10.9 Å². The summed E-state index contributed by atoms with van der Waals surface area (Å²) >= 11 is 1.28.